The molecule has 2 atom stereocenters. The molecule has 0 amide bonds. The highest BCUT2D eigenvalue weighted by molar-refractivity contribution is 8.24. The van der Waals surface area contributed by atoms with Gasteiger partial charge in [-0.3, -0.25) is 9.59 Å². The molecule has 142 valence electrons. The molecule has 1 heterocycles. The SMILES string of the molecule is CCC(C)(SC(=S)N1CCN(C(=S)C(C)(CC)C(=O)O)CC1)C(=O)O. The van der Waals surface area contributed by atoms with Gasteiger partial charge in [-0.1, -0.05) is 50.0 Å². The monoisotopic (exact) mass is 406 g/mol. The molecule has 0 aromatic heterocycles. The van der Waals surface area contributed by atoms with E-state index in [2.05, 4.69) is 0 Å². The molecule has 2 N–H and O–H groups in total. The number of nitrogens with zero attached hydrogens (tertiary/aromatic N) is 2. The van der Waals surface area contributed by atoms with Crippen LogP contribution in [0.3, 0.4) is 0 Å². The molecule has 1 rings (SSSR count). The summed E-state index contributed by atoms with van der Waals surface area (Å²) in [4.78, 5) is 27.3. The van der Waals surface area contributed by atoms with Crippen LogP contribution in [0.2, 0.25) is 0 Å². The smallest absolute Gasteiger partial charge is 0.319 e. The minimum Gasteiger partial charge on any atom is -0.481 e. The largest absolute Gasteiger partial charge is 0.481 e. The van der Waals surface area contributed by atoms with Crippen LogP contribution in [0.1, 0.15) is 40.5 Å². The van der Waals surface area contributed by atoms with E-state index in [0.29, 0.717) is 48.3 Å². The predicted molar refractivity (Wildman–Crippen MR) is 108 cm³/mol. The summed E-state index contributed by atoms with van der Waals surface area (Å²) < 4.78 is -0.373. The molecule has 0 aromatic carbocycles. The molecule has 0 bridgehead atoms. The van der Waals surface area contributed by atoms with E-state index >= 15 is 0 Å². The van der Waals surface area contributed by atoms with Gasteiger partial charge in [0, 0.05) is 26.2 Å². The Kier molecular flexibility index (Phi) is 7.64. The summed E-state index contributed by atoms with van der Waals surface area (Å²) in [7, 11) is 0. The lowest BCUT2D eigenvalue weighted by Crippen LogP contribution is -2.54. The summed E-state index contributed by atoms with van der Waals surface area (Å²) in [5, 5.41) is 18.9. The molecule has 0 saturated carbocycles. The van der Waals surface area contributed by atoms with Crippen molar-refractivity contribution in [2.24, 2.45) is 5.41 Å². The normalized spacial score (nSPS) is 19.7. The zero-order chi connectivity index (χ0) is 19.4. The summed E-state index contributed by atoms with van der Waals surface area (Å²) >= 11 is 12.1. The van der Waals surface area contributed by atoms with E-state index in [-0.39, 0.29) is 0 Å². The number of carboxylic acids is 2. The number of carbonyl (C=O) groups is 2. The van der Waals surface area contributed by atoms with Crippen LogP contribution < -0.4 is 0 Å². The first-order valence-electron chi connectivity index (χ1n) is 8.26. The van der Waals surface area contributed by atoms with Crippen molar-refractivity contribution in [3.8, 4) is 0 Å². The minimum atomic E-state index is -1.04. The maximum Gasteiger partial charge on any atom is 0.319 e. The van der Waals surface area contributed by atoms with Gasteiger partial charge in [0.2, 0.25) is 0 Å². The van der Waals surface area contributed by atoms with Crippen LogP contribution in [0.4, 0.5) is 0 Å². The molecule has 25 heavy (non-hydrogen) atoms. The zero-order valence-electron chi connectivity index (χ0n) is 15.1. The molecule has 2 unspecified atom stereocenters. The predicted octanol–water partition coefficient (Wildman–Crippen LogP) is 2.70. The first-order valence-corrected chi connectivity index (χ1v) is 9.89. The van der Waals surface area contributed by atoms with E-state index < -0.39 is 22.1 Å². The van der Waals surface area contributed by atoms with Gasteiger partial charge in [-0.2, -0.15) is 0 Å². The van der Waals surface area contributed by atoms with E-state index in [1.807, 2.05) is 23.6 Å². The highest BCUT2D eigenvalue weighted by Gasteiger charge is 2.40. The Morgan fingerprint density at radius 1 is 0.960 bits per heavy atom. The molecule has 0 spiro atoms. The van der Waals surface area contributed by atoms with Gasteiger partial charge in [0.05, 0.1) is 4.99 Å². The van der Waals surface area contributed by atoms with Crippen LogP contribution in [-0.2, 0) is 9.59 Å². The number of carboxylic acid groups (broad SMARTS) is 2. The second-order valence-corrected chi connectivity index (χ2v) is 9.05. The number of aliphatic carboxylic acids is 2. The Bertz CT molecular complexity index is 564. The highest BCUT2D eigenvalue weighted by Crippen LogP contribution is 2.32. The lowest BCUT2D eigenvalue weighted by Gasteiger charge is -2.41. The fraction of sp³-hybridized carbons (Fsp3) is 0.750. The summed E-state index contributed by atoms with van der Waals surface area (Å²) in [5.41, 5.74) is -1.04. The Balaban J connectivity index is 2.70. The van der Waals surface area contributed by atoms with Gasteiger partial charge < -0.3 is 20.0 Å². The quantitative estimate of drug-likeness (QED) is 0.647. The van der Waals surface area contributed by atoms with Gasteiger partial charge in [0.25, 0.3) is 0 Å². The van der Waals surface area contributed by atoms with E-state index in [1.165, 1.54) is 11.8 Å². The number of rotatable bonds is 6. The van der Waals surface area contributed by atoms with Crippen LogP contribution >= 0.6 is 36.2 Å². The van der Waals surface area contributed by atoms with Crippen molar-refractivity contribution in [2.75, 3.05) is 26.2 Å². The van der Waals surface area contributed by atoms with Gasteiger partial charge in [0.1, 0.15) is 14.5 Å². The first-order chi connectivity index (χ1) is 11.5. The van der Waals surface area contributed by atoms with Crippen LogP contribution in [-0.4, -0.2) is 72.2 Å². The van der Waals surface area contributed by atoms with Crippen molar-refractivity contribution in [1.29, 1.82) is 0 Å². The molecular formula is C16H26N2O4S3. The van der Waals surface area contributed by atoms with E-state index in [9.17, 15) is 19.8 Å². The number of thioether (sulfide) groups is 1. The van der Waals surface area contributed by atoms with Gasteiger partial charge in [-0.25, -0.2) is 0 Å². The molecule has 6 nitrogen and oxygen atoms in total. The van der Waals surface area contributed by atoms with Crippen molar-refractivity contribution in [1.82, 2.24) is 9.80 Å². The second kappa shape index (κ2) is 8.64. The standard InChI is InChI=1S/C16H26N2O4S3/c1-5-15(3,12(19)20)11(23)17-7-9-18(10-8-17)14(24)25-16(4,6-2)13(21)22/h5-10H2,1-4H3,(H,19,20)(H,21,22). The number of hydrogen-bond acceptors (Lipinski definition) is 5. The van der Waals surface area contributed by atoms with Crippen molar-refractivity contribution >= 4 is 57.4 Å². The van der Waals surface area contributed by atoms with Crippen molar-refractivity contribution in [3.63, 3.8) is 0 Å². The van der Waals surface area contributed by atoms with Gasteiger partial charge in [-0.15, -0.1) is 0 Å². The molecule has 0 radical (unpaired) electrons. The number of thiocarbonyl (C=S) groups is 2. The van der Waals surface area contributed by atoms with Gasteiger partial charge in [-0.05, 0) is 26.7 Å². The van der Waals surface area contributed by atoms with Crippen LogP contribution in [0, 0.1) is 5.41 Å². The first kappa shape index (κ1) is 22.1. The topological polar surface area (TPSA) is 81.1 Å². The van der Waals surface area contributed by atoms with Crippen LogP contribution in [0.15, 0.2) is 0 Å². The Hall–Kier alpha value is -0.930. The Morgan fingerprint density at radius 2 is 1.44 bits per heavy atom. The molecule has 0 aliphatic carbocycles. The summed E-state index contributed by atoms with van der Waals surface area (Å²) in [6.07, 6.45) is 0.910. The highest BCUT2D eigenvalue weighted by atomic mass is 32.2. The second-order valence-electron chi connectivity index (χ2n) is 6.53. The third-order valence-electron chi connectivity index (χ3n) is 4.92. The van der Waals surface area contributed by atoms with Gasteiger partial charge >= 0.3 is 11.9 Å². The zero-order valence-corrected chi connectivity index (χ0v) is 17.5. The average molecular weight is 407 g/mol. The molecule has 9 heteroatoms. The fourth-order valence-corrected chi connectivity index (χ4v) is 4.44. The van der Waals surface area contributed by atoms with Gasteiger partial charge in [0.15, 0.2) is 0 Å². The maximum absolute atomic E-state index is 11.6. The Morgan fingerprint density at radius 3 is 1.80 bits per heavy atom. The summed E-state index contributed by atoms with van der Waals surface area (Å²) in [6, 6.07) is 0. The van der Waals surface area contributed by atoms with Crippen molar-refractivity contribution in [2.45, 2.75) is 45.3 Å². The number of hydrogen-bond donors (Lipinski definition) is 2. The molecule has 1 aliphatic rings. The molecule has 0 aromatic rings. The maximum atomic E-state index is 11.6. The average Bonchev–Trinajstić information content (AvgIpc) is 2.59. The third kappa shape index (κ3) is 4.83. The van der Waals surface area contributed by atoms with Crippen molar-refractivity contribution < 1.29 is 19.8 Å². The molecular weight excluding hydrogens is 380 g/mol. The van der Waals surface area contributed by atoms with E-state index in [1.54, 1.807) is 13.8 Å². The molecule has 1 saturated heterocycles. The minimum absolute atomic E-state index is 0.434. The summed E-state index contributed by atoms with van der Waals surface area (Å²) in [6.45, 7) is 9.35. The summed E-state index contributed by atoms with van der Waals surface area (Å²) in [5.74, 6) is -1.78. The number of piperazine rings is 1. The lowest BCUT2D eigenvalue weighted by atomic mass is 9.86. The Labute approximate surface area is 163 Å². The fourth-order valence-electron chi connectivity index (χ4n) is 2.36. The van der Waals surface area contributed by atoms with Crippen LogP contribution in [0.25, 0.3) is 0 Å². The van der Waals surface area contributed by atoms with Crippen molar-refractivity contribution in [3.05, 3.63) is 0 Å². The molecule has 1 fully saturated rings. The molecule has 1 aliphatic heterocycles. The van der Waals surface area contributed by atoms with Crippen LogP contribution in [0.5, 0.6) is 0 Å². The van der Waals surface area contributed by atoms with E-state index in [0.717, 1.165) is 0 Å². The lowest BCUT2D eigenvalue weighted by molar-refractivity contribution is -0.144. The van der Waals surface area contributed by atoms with E-state index in [4.69, 9.17) is 24.4 Å². The third-order valence-corrected chi connectivity index (χ3v) is 7.48.